The molecule has 1 aromatic heterocycles. The van der Waals surface area contributed by atoms with Crippen LogP contribution in [0.25, 0.3) is 12.2 Å². The molecule has 0 saturated carbocycles. The van der Waals surface area contributed by atoms with Gasteiger partial charge in [-0.25, -0.2) is 9.48 Å². The number of primary amides is 1. The summed E-state index contributed by atoms with van der Waals surface area (Å²) in [5.41, 5.74) is 7.12. The van der Waals surface area contributed by atoms with Crippen LogP contribution < -0.4 is 5.73 Å². The number of nitrogens with two attached hydrogens (primary N) is 1. The van der Waals surface area contributed by atoms with Crippen LogP contribution in [0.15, 0.2) is 24.3 Å². The number of aryl methyl sites for hydroxylation is 1. The van der Waals surface area contributed by atoms with Crippen molar-refractivity contribution in [1.29, 1.82) is 0 Å². The van der Waals surface area contributed by atoms with E-state index < -0.39 is 11.9 Å². The number of hydrogen-bond acceptors (Lipinski definition) is 4. The molecule has 0 fully saturated rings. The maximum Gasteiger partial charge on any atom is 0.358 e. The van der Waals surface area contributed by atoms with Crippen LogP contribution in [0.1, 0.15) is 27.3 Å². The quantitative estimate of drug-likeness (QED) is 0.849. The van der Waals surface area contributed by atoms with E-state index in [0.29, 0.717) is 0 Å². The van der Waals surface area contributed by atoms with Crippen molar-refractivity contribution in [3.8, 4) is 0 Å². The molecule has 7 nitrogen and oxygen atoms in total. The van der Waals surface area contributed by atoms with E-state index in [2.05, 4.69) is 10.3 Å². The van der Waals surface area contributed by atoms with Gasteiger partial charge in [-0.3, -0.25) is 4.79 Å². The minimum absolute atomic E-state index is 0.223. The number of benzene rings is 1. The number of hydrogen-bond donors (Lipinski definition) is 2. The number of carbonyl (C=O) groups excluding carboxylic acids is 1. The zero-order valence-corrected chi connectivity index (χ0v) is 11.4. The smallest absolute Gasteiger partial charge is 0.358 e. The second kappa shape index (κ2) is 6.00. The third-order valence-electron chi connectivity index (χ3n) is 2.79. The first-order chi connectivity index (χ1) is 9.97. The number of nitrogens with zero attached hydrogens (tertiary/aromatic N) is 3. The Morgan fingerprint density at radius 3 is 2.52 bits per heavy atom. The third-order valence-corrected chi connectivity index (χ3v) is 2.79. The summed E-state index contributed by atoms with van der Waals surface area (Å²) in [4.78, 5) is 22.1. The van der Waals surface area contributed by atoms with Gasteiger partial charge in [0.2, 0.25) is 5.91 Å². The molecule has 0 aliphatic heterocycles. The van der Waals surface area contributed by atoms with Crippen LogP contribution in [0.4, 0.5) is 0 Å². The summed E-state index contributed by atoms with van der Waals surface area (Å²) in [5, 5.41) is 16.3. The zero-order valence-electron chi connectivity index (χ0n) is 11.4. The van der Waals surface area contributed by atoms with Gasteiger partial charge in [0.25, 0.3) is 0 Å². The van der Waals surface area contributed by atoms with Crippen molar-refractivity contribution in [2.75, 3.05) is 0 Å². The molecule has 0 bridgehead atoms. The maximum absolute atomic E-state index is 11.1. The second-order valence-corrected chi connectivity index (χ2v) is 4.50. The summed E-state index contributed by atoms with van der Waals surface area (Å²) < 4.78 is 1.16. The Labute approximate surface area is 120 Å². The maximum atomic E-state index is 11.1. The number of carbonyl (C=O) groups is 2. The van der Waals surface area contributed by atoms with Gasteiger partial charge >= 0.3 is 5.97 Å². The summed E-state index contributed by atoms with van der Waals surface area (Å²) >= 11 is 0. The second-order valence-electron chi connectivity index (χ2n) is 4.50. The van der Waals surface area contributed by atoms with Gasteiger partial charge in [0.1, 0.15) is 6.54 Å². The van der Waals surface area contributed by atoms with Crippen molar-refractivity contribution < 1.29 is 14.7 Å². The first-order valence-electron chi connectivity index (χ1n) is 6.17. The van der Waals surface area contributed by atoms with Crippen LogP contribution in [0, 0.1) is 6.92 Å². The predicted molar refractivity (Wildman–Crippen MR) is 76.3 cm³/mol. The number of aromatic carboxylic acids is 1. The Balaban J connectivity index is 2.36. The molecule has 7 heteroatoms. The molecule has 1 heterocycles. The van der Waals surface area contributed by atoms with Crippen LogP contribution in [-0.4, -0.2) is 32.0 Å². The first-order valence-corrected chi connectivity index (χ1v) is 6.17. The van der Waals surface area contributed by atoms with E-state index in [-0.39, 0.29) is 17.9 Å². The van der Waals surface area contributed by atoms with Gasteiger partial charge in [-0.2, -0.15) is 0 Å². The summed E-state index contributed by atoms with van der Waals surface area (Å²) in [6, 6.07) is 7.68. The van der Waals surface area contributed by atoms with E-state index in [4.69, 9.17) is 10.8 Å². The Bertz CT molecular complexity index is 702. The predicted octanol–water partition coefficient (Wildman–Crippen LogP) is 0.940. The third kappa shape index (κ3) is 3.53. The van der Waals surface area contributed by atoms with Crippen LogP contribution in [-0.2, 0) is 11.3 Å². The minimum Gasteiger partial charge on any atom is -0.476 e. The van der Waals surface area contributed by atoms with Crippen LogP contribution in [0.3, 0.4) is 0 Å². The molecule has 0 aliphatic carbocycles. The molecule has 1 amide bonds. The molecule has 0 aliphatic rings. The highest BCUT2D eigenvalue weighted by molar-refractivity contribution is 5.90. The summed E-state index contributed by atoms with van der Waals surface area (Å²) in [5.74, 6) is -1.84. The van der Waals surface area contributed by atoms with E-state index in [1.165, 1.54) is 0 Å². The average Bonchev–Trinajstić information content (AvgIpc) is 2.80. The topological polar surface area (TPSA) is 111 Å². The molecule has 3 N–H and O–H groups in total. The molecule has 2 aromatic rings. The number of carboxylic acid groups (broad SMARTS) is 1. The van der Waals surface area contributed by atoms with E-state index in [1.54, 1.807) is 12.2 Å². The van der Waals surface area contributed by atoms with E-state index >= 15 is 0 Å². The molecule has 0 spiro atoms. The fraction of sp³-hybridized carbons (Fsp3) is 0.143. The van der Waals surface area contributed by atoms with Crippen LogP contribution in [0.5, 0.6) is 0 Å². The van der Waals surface area contributed by atoms with Gasteiger partial charge in [-0.05, 0) is 18.6 Å². The number of amides is 1. The van der Waals surface area contributed by atoms with Crippen molar-refractivity contribution >= 4 is 24.0 Å². The first kappa shape index (κ1) is 14.4. The lowest BCUT2D eigenvalue weighted by Gasteiger charge is -2.00. The normalized spacial score (nSPS) is 10.9. The highest BCUT2D eigenvalue weighted by atomic mass is 16.4. The van der Waals surface area contributed by atoms with Crippen molar-refractivity contribution in [1.82, 2.24) is 15.0 Å². The Morgan fingerprint density at radius 2 is 1.95 bits per heavy atom. The Kier molecular flexibility index (Phi) is 4.13. The molecular formula is C14H14N4O3. The lowest BCUT2D eigenvalue weighted by molar-refractivity contribution is -0.118. The molecule has 108 valence electrons. The number of aromatic nitrogens is 3. The Hall–Kier alpha value is -2.96. The van der Waals surface area contributed by atoms with Crippen LogP contribution >= 0.6 is 0 Å². The van der Waals surface area contributed by atoms with Gasteiger partial charge in [0.15, 0.2) is 5.69 Å². The van der Waals surface area contributed by atoms with Gasteiger partial charge in [-0.15, -0.1) is 5.10 Å². The number of carboxylic acids is 1. The summed E-state index contributed by atoms with van der Waals surface area (Å²) in [6.07, 6.45) is 3.28. The standard InChI is InChI=1S/C14H14N4O3/c1-9-2-4-10(5-3-9)6-7-11-13(14(20)21)16-17-18(11)8-12(15)19/h2-7H,8H2,1H3,(H2,15,19)(H,20,21)/b7-6+. The SMILES string of the molecule is Cc1ccc(/C=C/c2c(C(=O)O)nnn2CC(N)=O)cc1. The number of rotatable bonds is 5. The summed E-state index contributed by atoms with van der Waals surface area (Å²) in [7, 11) is 0. The monoisotopic (exact) mass is 286 g/mol. The molecule has 0 unspecified atom stereocenters. The lowest BCUT2D eigenvalue weighted by Crippen LogP contribution is -2.20. The lowest BCUT2D eigenvalue weighted by atomic mass is 10.1. The molecule has 0 radical (unpaired) electrons. The minimum atomic E-state index is -1.21. The molecule has 1 aromatic carbocycles. The average molecular weight is 286 g/mol. The van der Waals surface area contributed by atoms with Crippen molar-refractivity contribution in [2.24, 2.45) is 5.73 Å². The van der Waals surface area contributed by atoms with Gasteiger partial charge < -0.3 is 10.8 Å². The fourth-order valence-corrected chi connectivity index (χ4v) is 1.75. The highest BCUT2D eigenvalue weighted by Gasteiger charge is 2.17. The van der Waals surface area contributed by atoms with Crippen molar-refractivity contribution in [3.63, 3.8) is 0 Å². The van der Waals surface area contributed by atoms with Crippen LogP contribution in [0.2, 0.25) is 0 Å². The van der Waals surface area contributed by atoms with Gasteiger partial charge in [-0.1, -0.05) is 41.1 Å². The fourth-order valence-electron chi connectivity index (χ4n) is 1.75. The molecule has 21 heavy (non-hydrogen) atoms. The van der Waals surface area contributed by atoms with E-state index in [9.17, 15) is 9.59 Å². The highest BCUT2D eigenvalue weighted by Crippen LogP contribution is 2.12. The largest absolute Gasteiger partial charge is 0.476 e. The molecule has 0 saturated heterocycles. The Morgan fingerprint density at radius 1 is 1.29 bits per heavy atom. The van der Waals surface area contributed by atoms with Crippen molar-refractivity contribution in [3.05, 3.63) is 46.8 Å². The van der Waals surface area contributed by atoms with Gasteiger partial charge in [0.05, 0.1) is 5.69 Å². The van der Waals surface area contributed by atoms with E-state index in [0.717, 1.165) is 15.8 Å². The van der Waals surface area contributed by atoms with E-state index in [1.807, 2.05) is 31.2 Å². The zero-order chi connectivity index (χ0) is 15.4. The molecular weight excluding hydrogens is 272 g/mol. The molecule has 2 rings (SSSR count). The van der Waals surface area contributed by atoms with Crippen molar-refractivity contribution in [2.45, 2.75) is 13.5 Å². The van der Waals surface area contributed by atoms with Gasteiger partial charge in [0, 0.05) is 0 Å². The summed E-state index contributed by atoms with van der Waals surface area (Å²) in [6.45, 7) is 1.75. The molecule has 0 atom stereocenters.